The molecule has 0 fully saturated rings. The molecular formula is C10H19N8-. The van der Waals surface area contributed by atoms with Gasteiger partial charge in [0.2, 0.25) is 0 Å². The summed E-state index contributed by atoms with van der Waals surface area (Å²) in [5, 5.41) is 17.4. The van der Waals surface area contributed by atoms with E-state index in [2.05, 4.69) is 52.4 Å². The fourth-order valence-electron chi connectivity index (χ4n) is 1.53. The van der Waals surface area contributed by atoms with E-state index in [0.717, 1.165) is 5.84 Å². The van der Waals surface area contributed by atoms with Crippen LogP contribution in [-0.4, -0.2) is 37.7 Å². The van der Waals surface area contributed by atoms with Crippen LogP contribution < -0.4 is 5.53 Å². The zero-order valence-corrected chi connectivity index (χ0v) is 11.4. The molecule has 1 aliphatic heterocycles. The fraction of sp³-hybridized carbons (Fsp3) is 0.800. The molecule has 1 aromatic rings. The van der Waals surface area contributed by atoms with Crippen molar-refractivity contribution >= 4 is 5.84 Å². The van der Waals surface area contributed by atoms with Gasteiger partial charge in [-0.05, 0) is 35.5 Å². The summed E-state index contributed by atoms with van der Waals surface area (Å²) < 4.78 is 1.71. The molecule has 0 amide bonds. The highest BCUT2D eigenvalue weighted by Crippen LogP contribution is 2.24. The van der Waals surface area contributed by atoms with Crippen molar-refractivity contribution in [3.63, 3.8) is 0 Å². The monoisotopic (exact) mass is 251 g/mol. The number of hydrazine groups is 1. The number of aromatic nitrogens is 4. The molecule has 1 aliphatic rings. The Hall–Kier alpha value is -1.70. The van der Waals surface area contributed by atoms with Gasteiger partial charge in [0.15, 0.2) is 0 Å². The van der Waals surface area contributed by atoms with Gasteiger partial charge in [0.1, 0.15) is 6.33 Å². The maximum absolute atomic E-state index is 4.44. The van der Waals surface area contributed by atoms with Crippen molar-refractivity contribution in [2.75, 3.05) is 6.54 Å². The first-order valence-corrected chi connectivity index (χ1v) is 5.85. The van der Waals surface area contributed by atoms with Crippen LogP contribution >= 0.6 is 0 Å². The number of nitrogens with zero attached hydrogens (tertiary/aromatic N) is 7. The standard InChI is InChI=1S/C10H19N8/c1-9(2,3)8-12-15-18(13-8)6-10(4,5)17-7-11-14-16-17/h7,15H,6H2,1-5H3/q-1. The molecule has 18 heavy (non-hydrogen) atoms. The van der Waals surface area contributed by atoms with Crippen molar-refractivity contribution in [1.82, 2.24) is 30.9 Å². The topological polar surface area (TPSA) is 85.3 Å². The summed E-state index contributed by atoms with van der Waals surface area (Å²) in [4.78, 5) is 0. The second kappa shape index (κ2) is 4.20. The van der Waals surface area contributed by atoms with Crippen LogP contribution in [0.1, 0.15) is 34.6 Å². The second-order valence-electron chi connectivity index (χ2n) is 6.01. The molecule has 1 N–H and O–H groups in total. The van der Waals surface area contributed by atoms with E-state index in [9.17, 15) is 0 Å². The zero-order chi connectivity index (χ0) is 13.4. The van der Waals surface area contributed by atoms with Crippen molar-refractivity contribution in [2.24, 2.45) is 10.5 Å². The molecule has 8 nitrogen and oxygen atoms in total. The molecule has 100 valence electrons. The van der Waals surface area contributed by atoms with Crippen LogP contribution in [0.4, 0.5) is 0 Å². The Bertz CT molecular complexity index is 427. The molecule has 0 atom stereocenters. The number of nitrogens with one attached hydrogen (secondary N) is 1. The van der Waals surface area contributed by atoms with Crippen LogP contribution in [0.5, 0.6) is 0 Å². The van der Waals surface area contributed by atoms with Crippen LogP contribution in [0.3, 0.4) is 0 Å². The lowest BCUT2D eigenvalue weighted by atomic mass is 9.95. The first-order valence-electron chi connectivity index (χ1n) is 5.85. The molecular weight excluding hydrogens is 232 g/mol. The van der Waals surface area contributed by atoms with E-state index in [0.29, 0.717) is 6.54 Å². The Morgan fingerprint density at radius 3 is 2.50 bits per heavy atom. The maximum atomic E-state index is 4.44. The number of hydrazone groups is 1. The fourth-order valence-corrected chi connectivity index (χ4v) is 1.53. The Labute approximate surface area is 106 Å². The van der Waals surface area contributed by atoms with Gasteiger partial charge in [-0.25, -0.2) is 10.2 Å². The van der Waals surface area contributed by atoms with Crippen LogP contribution in [0, 0.1) is 5.41 Å². The highest BCUT2D eigenvalue weighted by molar-refractivity contribution is 5.98. The molecule has 0 saturated carbocycles. The van der Waals surface area contributed by atoms with Gasteiger partial charge in [0.25, 0.3) is 0 Å². The van der Waals surface area contributed by atoms with Crippen molar-refractivity contribution in [2.45, 2.75) is 40.2 Å². The first-order chi connectivity index (χ1) is 8.29. The molecule has 2 rings (SSSR count). The van der Waals surface area contributed by atoms with Gasteiger partial charge < -0.3 is 15.6 Å². The molecule has 0 spiro atoms. The molecule has 0 aromatic carbocycles. The molecule has 2 heterocycles. The lowest BCUT2D eigenvalue weighted by Gasteiger charge is -2.31. The summed E-state index contributed by atoms with van der Waals surface area (Å²) in [7, 11) is 0. The second-order valence-corrected chi connectivity index (χ2v) is 6.01. The van der Waals surface area contributed by atoms with E-state index in [1.54, 1.807) is 16.1 Å². The van der Waals surface area contributed by atoms with E-state index < -0.39 is 0 Å². The quantitative estimate of drug-likeness (QED) is 0.861. The predicted molar refractivity (Wildman–Crippen MR) is 67.2 cm³/mol. The third-order valence-corrected chi connectivity index (χ3v) is 2.66. The van der Waals surface area contributed by atoms with Crippen LogP contribution in [0.2, 0.25) is 0 Å². The summed E-state index contributed by atoms with van der Waals surface area (Å²) >= 11 is 0. The Balaban J connectivity index is 2.06. The van der Waals surface area contributed by atoms with Crippen molar-refractivity contribution < 1.29 is 0 Å². The number of hydrogen-bond donors (Lipinski definition) is 1. The van der Waals surface area contributed by atoms with Crippen molar-refractivity contribution in [3.8, 4) is 0 Å². The summed E-state index contributed by atoms with van der Waals surface area (Å²) in [6.07, 6.45) is 1.60. The van der Waals surface area contributed by atoms with Gasteiger partial charge in [-0.2, -0.15) is 0 Å². The minimum absolute atomic E-state index is 0.0687. The number of tetrazole rings is 1. The number of rotatable bonds is 3. The SMILES string of the molecule is CC(C)(C)C1=NN(CC(C)(C)n2cnnn2)N[N-]1. The third kappa shape index (κ3) is 2.58. The first kappa shape index (κ1) is 12.7. The summed E-state index contributed by atoms with van der Waals surface area (Å²) in [5.41, 5.74) is 6.78. The van der Waals surface area contributed by atoms with Crippen LogP contribution in [0.25, 0.3) is 5.43 Å². The Morgan fingerprint density at radius 1 is 1.28 bits per heavy atom. The van der Waals surface area contributed by atoms with Gasteiger partial charge in [0, 0.05) is 0 Å². The van der Waals surface area contributed by atoms with E-state index in [1.165, 1.54) is 0 Å². The van der Waals surface area contributed by atoms with Crippen molar-refractivity contribution in [1.29, 1.82) is 0 Å². The summed E-state index contributed by atoms with van der Waals surface area (Å²) in [6, 6.07) is 0. The predicted octanol–water partition coefficient (Wildman–Crippen LogP) is 0.877. The van der Waals surface area contributed by atoms with Gasteiger partial charge >= 0.3 is 0 Å². The van der Waals surface area contributed by atoms with Crippen LogP contribution in [0.15, 0.2) is 11.4 Å². The smallest absolute Gasteiger partial charge is 0.138 e. The van der Waals surface area contributed by atoms with E-state index in [1.807, 2.05) is 13.8 Å². The number of hydrogen-bond acceptors (Lipinski definition) is 6. The molecule has 1 aromatic heterocycles. The third-order valence-electron chi connectivity index (χ3n) is 2.66. The average molecular weight is 251 g/mol. The summed E-state index contributed by atoms with van der Waals surface area (Å²) in [6.45, 7) is 10.9. The van der Waals surface area contributed by atoms with Gasteiger partial charge in [-0.3, -0.25) is 0 Å². The average Bonchev–Trinajstić information content (AvgIpc) is 2.83. The lowest BCUT2D eigenvalue weighted by molar-refractivity contribution is 0.146. The van der Waals surface area contributed by atoms with E-state index in [-0.39, 0.29) is 11.0 Å². The van der Waals surface area contributed by atoms with Crippen LogP contribution in [-0.2, 0) is 5.54 Å². The zero-order valence-electron chi connectivity index (χ0n) is 11.4. The Morgan fingerprint density at radius 2 is 2.00 bits per heavy atom. The molecule has 0 radical (unpaired) electrons. The molecule has 0 bridgehead atoms. The van der Waals surface area contributed by atoms with E-state index in [4.69, 9.17) is 0 Å². The molecule has 0 unspecified atom stereocenters. The maximum Gasteiger partial charge on any atom is 0.138 e. The minimum Gasteiger partial charge on any atom is -0.385 e. The molecule has 0 saturated heterocycles. The highest BCUT2D eigenvalue weighted by Gasteiger charge is 2.25. The highest BCUT2D eigenvalue weighted by atomic mass is 15.9. The summed E-state index contributed by atoms with van der Waals surface area (Å²) in [5.74, 6) is 0.787. The van der Waals surface area contributed by atoms with Gasteiger partial charge in [-0.15, -0.1) is 5.10 Å². The Kier molecular flexibility index (Phi) is 2.97. The normalized spacial score (nSPS) is 16.7. The lowest BCUT2D eigenvalue weighted by Crippen LogP contribution is -2.42. The van der Waals surface area contributed by atoms with Crippen molar-refractivity contribution in [3.05, 3.63) is 11.8 Å². The number of amidine groups is 1. The minimum atomic E-state index is -0.275. The molecule has 0 aliphatic carbocycles. The van der Waals surface area contributed by atoms with Gasteiger partial charge in [-0.1, -0.05) is 20.8 Å². The molecule has 8 heteroatoms. The van der Waals surface area contributed by atoms with E-state index >= 15 is 0 Å². The largest absolute Gasteiger partial charge is 0.385 e. The van der Waals surface area contributed by atoms with Gasteiger partial charge in [0.05, 0.1) is 12.1 Å².